The molecule has 1 rings (SSSR count). The van der Waals surface area contributed by atoms with Gasteiger partial charge >= 0.3 is 43.7 Å². The molecule has 0 heterocycles. The van der Waals surface area contributed by atoms with E-state index in [1.54, 1.807) is 0 Å². The average molecular weight is 221 g/mol. The van der Waals surface area contributed by atoms with Crippen LogP contribution in [0.5, 0.6) is 0 Å². The first kappa shape index (κ1) is 13.9. The fourth-order valence-corrected chi connectivity index (χ4v) is 1.09. The zero-order chi connectivity index (χ0) is 9.68. The predicted molar refractivity (Wildman–Crippen MR) is 58.4 cm³/mol. The fourth-order valence-electron chi connectivity index (χ4n) is 1.09. The van der Waals surface area contributed by atoms with Crippen LogP contribution in [0.15, 0.2) is 30.3 Å². The number of nitrogens with two attached hydrogens (primary N) is 1. The van der Waals surface area contributed by atoms with Crippen LogP contribution >= 0.6 is 0 Å². The van der Waals surface area contributed by atoms with Gasteiger partial charge in [0.05, 0.1) is 0 Å². The maximum absolute atomic E-state index is 10.4. The molecular formula is C10H15CaNO2. The van der Waals surface area contributed by atoms with Gasteiger partial charge < -0.3 is 13.7 Å². The number of carbonyl (C=O) groups is 1. The topological polar surface area (TPSA) is 63.3 Å². The van der Waals surface area contributed by atoms with Gasteiger partial charge in [-0.2, -0.15) is 0 Å². The molecule has 0 bridgehead atoms. The summed E-state index contributed by atoms with van der Waals surface area (Å²) in [4.78, 5) is 10.4. The number of rotatable bonds is 4. The van der Waals surface area contributed by atoms with Crippen molar-refractivity contribution in [2.24, 2.45) is 5.73 Å². The maximum atomic E-state index is 10.4. The average Bonchev–Trinajstić information content (AvgIpc) is 2.15. The second-order valence-corrected chi connectivity index (χ2v) is 2.97. The largest absolute Gasteiger partial charge is 2.00 e. The molecule has 0 fully saturated rings. The minimum Gasteiger partial charge on any atom is -1.00 e. The second-order valence-electron chi connectivity index (χ2n) is 2.97. The molecule has 14 heavy (non-hydrogen) atoms. The van der Waals surface area contributed by atoms with E-state index in [0.717, 1.165) is 5.56 Å². The van der Waals surface area contributed by atoms with E-state index < -0.39 is 12.0 Å². The molecule has 0 aliphatic carbocycles. The summed E-state index contributed by atoms with van der Waals surface area (Å²) in [6.45, 7) is 0. The van der Waals surface area contributed by atoms with Gasteiger partial charge in [-0.3, -0.25) is 4.79 Å². The van der Waals surface area contributed by atoms with Crippen LogP contribution in [0.1, 0.15) is 14.8 Å². The van der Waals surface area contributed by atoms with Gasteiger partial charge in [-0.15, -0.1) is 0 Å². The van der Waals surface area contributed by atoms with Crippen molar-refractivity contribution in [1.82, 2.24) is 0 Å². The second kappa shape index (κ2) is 7.23. The van der Waals surface area contributed by atoms with E-state index >= 15 is 0 Å². The Balaban J connectivity index is -0.000000563. The predicted octanol–water partition coefficient (Wildman–Crippen LogP) is 0.875. The summed E-state index contributed by atoms with van der Waals surface area (Å²) in [5, 5.41) is 8.54. The SMILES string of the molecule is NC(CCc1ccccc1)C(=O)O.[Ca+2].[H-].[H-]. The molecule has 1 atom stereocenters. The molecule has 0 saturated carbocycles. The van der Waals surface area contributed by atoms with Gasteiger partial charge in [-0.05, 0) is 18.4 Å². The summed E-state index contributed by atoms with van der Waals surface area (Å²) < 4.78 is 0. The maximum Gasteiger partial charge on any atom is 2.00 e. The molecular weight excluding hydrogens is 206 g/mol. The van der Waals surface area contributed by atoms with Gasteiger partial charge in [-0.1, -0.05) is 30.3 Å². The molecule has 0 spiro atoms. The van der Waals surface area contributed by atoms with Crippen molar-refractivity contribution >= 4 is 43.7 Å². The first-order chi connectivity index (χ1) is 6.20. The van der Waals surface area contributed by atoms with Crippen molar-refractivity contribution in [2.75, 3.05) is 0 Å². The Bertz CT molecular complexity index is 285. The summed E-state index contributed by atoms with van der Waals surface area (Å²) in [7, 11) is 0. The van der Waals surface area contributed by atoms with E-state index in [1.165, 1.54) is 0 Å². The van der Waals surface area contributed by atoms with Crippen LogP contribution in [0.25, 0.3) is 0 Å². The smallest absolute Gasteiger partial charge is 1.00 e. The summed E-state index contributed by atoms with van der Waals surface area (Å²) in [6.07, 6.45) is 1.20. The van der Waals surface area contributed by atoms with Gasteiger partial charge in [0.2, 0.25) is 0 Å². The van der Waals surface area contributed by atoms with Crippen LogP contribution in [0.4, 0.5) is 0 Å². The molecule has 0 aromatic heterocycles. The van der Waals surface area contributed by atoms with Gasteiger partial charge in [0, 0.05) is 0 Å². The molecule has 1 aromatic carbocycles. The van der Waals surface area contributed by atoms with E-state index in [0.29, 0.717) is 12.8 Å². The van der Waals surface area contributed by atoms with Crippen molar-refractivity contribution < 1.29 is 12.8 Å². The zero-order valence-electron chi connectivity index (χ0n) is 10.0. The first-order valence-corrected chi connectivity index (χ1v) is 4.22. The number of benzene rings is 1. The molecule has 4 heteroatoms. The number of carboxylic acid groups (broad SMARTS) is 1. The molecule has 0 aliphatic rings. The van der Waals surface area contributed by atoms with E-state index in [-0.39, 0.29) is 40.6 Å². The van der Waals surface area contributed by atoms with Crippen molar-refractivity contribution in [3.05, 3.63) is 35.9 Å². The Morgan fingerprint density at radius 3 is 2.50 bits per heavy atom. The Labute approximate surface area is 116 Å². The van der Waals surface area contributed by atoms with Gasteiger partial charge in [0.25, 0.3) is 0 Å². The Kier molecular flexibility index (Phi) is 7.19. The van der Waals surface area contributed by atoms with Crippen LogP contribution in [0, 0.1) is 0 Å². The number of aliphatic carboxylic acids is 1. The number of carboxylic acids is 1. The molecule has 0 saturated heterocycles. The molecule has 74 valence electrons. The van der Waals surface area contributed by atoms with E-state index in [9.17, 15) is 4.79 Å². The Morgan fingerprint density at radius 2 is 2.00 bits per heavy atom. The molecule has 3 N–H and O–H groups in total. The van der Waals surface area contributed by atoms with Gasteiger partial charge in [0.1, 0.15) is 6.04 Å². The van der Waals surface area contributed by atoms with Crippen molar-refractivity contribution in [3.8, 4) is 0 Å². The standard InChI is InChI=1S/C10H13NO2.Ca.2H/c11-9(10(12)13)7-6-8-4-2-1-3-5-8;;;/h1-5,9H,6-7,11H2,(H,12,13);;;/q;+2;2*-1. The quantitative estimate of drug-likeness (QED) is 0.742. The van der Waals surface area contributed by atoms with E-state index in [2.05, 4.69) is 0 Å². The third-order valence-corrected chi connectivity index (χ3v) is 1.90. The summed E-state index contributed by atoms with van der Waals surface area (Å²) in [5.74, 6) is -0.934. The molecule has 0 amide bonds. The number of hydrogen-bond donors (Lipinski definition) is 2. The van der Waals surface area contributed by atoms with Crippen molar-refractivity contribution in [3.63, 3.8) is 0 Å². The number of aryl methyl sites for hydroxylation is 1. The summed E-state index contributed by atoms with van der Waals surface area (Å²) >= 11 is 0. The monoisotopic (exact) mass is 221 g/mol. The van der Waals surface area contributed by atoms with Crippen LogP contribution in [-0.2, 0) is 11.2 Å². The molecule has 1 unspecified atom stereocenters. The minimum absolute atomic E-state index is 0. The molecule has 1 aromatic rings. The third kappa shape index (κ3) is 4.96. The van der Waals surface area contributed by atoms with Crippen LogP contribution < -0.4 is 5.73 Å². The van der Waals surface area contributed by atoms with Gasteiger partial charge in [0.15, 0.2) is 0 Å². The molecule has 3 nitrogen and oxygen atoms in total. The first-order valence-electron chi connectivity index (χ1n) is 4.22. The van der Waals surface area contributed by atoms with Crippen molar-refractivity contribution in [1.29, 1.82) is 0 Å². The minimum atomic E-state index is -0.934. The fraction of sp³-hybridized carbons (Fsp3) is 0.300. The Morgan fingerprint density at radius 1 is 1.43 bits per heavy atom. The van der Waals surface area contributed by atoms with E-state index in [1.807, 2.05) is 30.3 Å². The summed E-state index contributed by atoms with van der Waals surface area (Å²) in [6, 6.07) is 8.98. The van der Waals surface area contributed by atoms with E-state index in [4.69, 9.17) is 10.8 Å². The Hall–Kier alpha value is -0.0903. The molecule has 0 radical (unpaired) electrons. The zero-order valence-corrected chi connectivity index (χ0v) is 10.2. The summed E-state index contributed by atoms with van der Waals surface area (Å²) in [5.41, 5.74) is 6.49. The van der Waals surface area contributed by atoms with Crippen LogP contribution in [-0.4, -0.2) is 54.9 Å². The van der Waals surface area contributed by atoms with Crippen LogP contribution in [0.2, 0.25) is 0 Å². The number of hydrogen-bond acceptors (Lipinski definition) is 2. The third-order valence-electron chi connectivity index (χ3n) is 1.90. The molecule has 0 aliphatic heterocycles. The van der Waals surface area contributed by atoms with Crippen molar-refractivity contribution in [2.45, 2.75) is 18.9 Å². The van der Waals surface area contributed by atoms with Crippen LogP contribution in [0.3, 0.4) is 0 Å². The van der Waals surface area contributed by atoms with Gasteiger partial charge in [-0.25, -0.2) is 0 Å². The normalized spacial score (nSPS) is 11.5.